The monoisotopic (exact) mass is 183 g/mol. The highest BCUT2D eigenvalue weighted by Gasteiger charge is 2.34. The van der Waals surface area contributed by atoms with E-state index in [4.69, 9.17) is 4.74 Å². The average molecular weight is 183 g/mol. The molecule has 0 bridgehead atoms. The van der Waals surface area contributed by atoms with Crippen LogP contribution in [0.5, 0.6) is 0 Å². The number of hydrogen-bond donors (Lipinski definition) is 0. The van der Waals surface area contributed by atoms with Crippen molar-refractivity contribution in [1.82, 2.24) is 4.90 Å². The van der Waals surface area contributed by atoms with Gasteiger partial charge in [0.2, 0.25) is 0 Å². The molecule has 1 heterocycles. The molecule has 0 aromatic rings. The Bertz CT molecular complexity index is 165. The molecule has 2 rings (SSSR count). The molecule has 1 saturated carbocycles. The summed E-state index contributed by atoms with van der Waals surface area (Å²) in [6.45, 7) is 5.91. The third-order valence-electron chi connectivity index (χ3n) is 3.58. The fourth-order valence-electron chi connectivity index (χ4n) is 2.72. The van der Waals surface area contributed by atoms with Gasteiger partial charge in [-0.1, -0.05) is 6.92 Å². The molecule has 0 N–H and O–H groups in total. The van der Waals surface area contributed by atoms with Crippen molar-refractivity contribution < 1.29 is 4.74 Å². The molecule has 13 heavy (non-hydrogen) atoms. The molecule has 1 aliphatic heterocycles. The number of hydrogen-bond acceptors (Lipinski definition) is 2. The van der Waals surface area contributed by atoms with E-state index in [1.54, 1.807) is 0 Å². The van der Waals surface area contributed by atoms with Crippen LogP contribution in [0.3, 0.4) is 0 Å². The fourth-order valence-corrected chi connectivity index (χ4v) is 2.72. The summed E-state index contributed by atoms with van der Waals surface area (Å²) in [6, 6.07) is 0.914. The van der Waals surface area contributed by atoms with Crippen LogP contribution in [0, 0.1) is 11.8 Å². The second kappa shape index (κ2) is 3.97. The first kappa shape index (κ1) is 9.47. The molecule has 76 valence electrons. The maximum atomic E-state index is 5.20. The van der Waals surface area contributed by atoms with Crippen LogP contribution in [0.4, 0.5) is 0 Å². The van der Waals surface area contributed by atoms with Crippen LogP contribution < -0.4 is 0 Å². The largest absolute Gasteiger partial charge is 0.384 e. The summed E-state index contributed by atoms with van der Waals surface area (Å²) in [7, 11) is 1.81. The molecule has 1 saturated heterocycles. The molecule has 2 nitrogen and oxygen atoms in total. The minimum absolute atomic E-state index is 0.806. The molecule has 2 fully saturated rings. The third kappa shape index (κ3) is 2.05. The minimum Gasteiger partial charge on any atom is -0.384 e. The van der Waals surface area contributed by atoms with Crippen molar-refractivity contribution >= 4 is 0 Å². The SMILES string of the molecule is COCC1CCN(C2CC(C)C2)C1. The van der Waals surface area contributed by atoms with Gasteiger partial charge in [0.25, 0.3) is 0 Å². The first-order valence-electron chi connectivity index (χ1n) is 5.52. The molecule has 0 radical (unpaired) electrons. The van der Waals surface area contributed by atoms with E-state index in [9.17, 15) is 0 Å². The molecule has 2 aliphatic rings. The van der Waals surface area contributed by atoms with Gasteiger partial charge in [-0.2, -0.15) is 0 Å². The van der Waals surface area contributed by atoms with Crippen molar-refractivity contribution in [1.29, 1.82) is 0 Å². The van der Waals surface area contributed by atoms with Crippen LogP contribution in [-0.4, -0.2) is 37.7 Å². The molecule has 1 atom stereocenters. The summed E-state index contributed by atoms with van der Waals surface area (Å²) >= 11 is 0. The van der Waals surface area contributed by atoms with Crippen molar-refractivity contribution in [3.63, 3.8) is 0 Å². The zero-order chi connectivity index (χ0) is 9.26. The van der Waals surface area contributed by atoms with Gasteiger partial charge in [-0.05, 0) is 37.6 Å². The lowest BCUT2D eigenvalue weighted by Crippen LogP contribution is -2.42. The van der Waals surface area contributed by atoms with Crippen LogP contribution in [0.2, 0.25) is 0 Å². The highest BCUT2D eigenvalue weighted by Crippen LogP contribution is 2.34. The molecule has 2 heteroatoms. The summed E-state index contributed by atoms with van der Waals surface area (Å²) in [5, 5.41) is 0. The van der Waals surface area contributed by atoms with E-state index in [0.29, 0.717) is 0 Å². The Balaban J connectivity index is 1.72. The Kier molecular flexibility index (Phi) is 2.89. The summed E-state index contributed by atoms with van der Waals surface area (Å²) in [5.74, 6) is 1.78. The first-order valence-corrected chi connectivity index (χ1v) is 5.52. The zero-order valence-corrected chi connectivity index (χ0v) is 8.83. The van der Waals surface area contributed by atoms with Crippen LogP contribution >= 0.6 is 0 Å². The van der Waals surface area contributed by atoms with E-state index >= 15 is 0 Å². The van der Waals surface area contributed by atoms with Gasteiger partial charge in [0, 0.05) is 19.7 Å². The molecule has 0 aromatic heterocycles. The molecule has 1 unspecified atom stereocenters. The minimum atomic E-state index is 0.806. The lowest BCUT2D eigenvalue weighted by molar-refractivity contribution is 0.0954. The van der Waals surface area contributed by atoms with E-state index in [0.717, 1.165) is 24.5 Å². The maximum Gasteiger partial charge on any atom is 0.0503 e. The van der Waals surface area contributed by atoms with E-state index in [2.05, 4.69) is 11.8 Å². The molecule has 0 aromatic carbocycles. The van der Waals surface area contributed by atoms with Crippen LogP contribution in [0.1, 0.15) is 26.2 Å². The molecular weight excluding hydrogens is 162 g/mol. The third-order valence-corrected chi connectivity index (χ3v) is 3.58. The molecular formula is C11H21NO. The fraction of sp³-hybridized carbons (Fsp3) is 1.00. The van der Waals surface area contributed by atoms with Crippen molar-refractivity contribution in [2.24, 2.45) is 11.8 Å². The highest BCUT2D eigenvalue weighted by molar-refractivity contribution is 4.89. The van der Waals surface area contributed by atoms with Crippen molar-refractivity contribution in [2.75, 3.05) is 26.8 Å². The topological polar surface area (TPSA) is 12.5 Å². The Hall–Kier alpha value is -0.0800. The van der Waals surface area contributed by atoms with Gasteiger partial charge in [-0.3, -0.25) is 4.90 Å². The standard InChI is InChI=1S/C11H21NO/c1-9-5-11(6-9)12-4-3-10(7-12)8-13-2/h9-11H,3-8H2,1-2H3. The van der Waals surface area contributed by atoms with Crippen molar-refractivity contribution in [2.45, 2.75) is 32.2 Å². The quantitative estimate of drug-likeness (QED) is 0.661. The van der Waals surface area contributed by atoms with Crippen molar-refractivity contribution in [3.05, 3.63) is 0 Å². The maximum absolute atomic E-state index is 5.20. The normalized spacial score (nSPS) is 40.6. The molecule has 0 spiro atoms. The van der Waals surface area contributed by atoms with Gasteiger partial charge < -0.3 is 4.74 Å². The van der Waals surface area contributed by atoms with E-state index < -0.39 is 0 Å². The van der Waals surface area contributed by atoms with Gasteiger partial charge in [-0.15, -0.1) is 0 Å². The van der Waals surface area contributed by atoms with Gasteiger partial charge in [0.15, 0.2) is 0 Å². The second-order valence-electron chi connectivity index (χ2n) is 4.84. The number of ether oxygens (including phenoxy) is 1. The average Bonchev–Trinajstić information content (AvgIpc) is 2.48. The van der Waals surface area contributed by atoms with Crippen LogP contribution in [0.25, 0.3) is 0 Å². The van der Waals surface area contributed by atoms with Crippen LogP contribution in [0.15, 0.2) is 0 Å². The summed E-state index contributed by atoms with van der Waals surface area (Å²) in [5.41, 5.74) is 0. The summed E-state index contributed by atoms with van der Waals surface area (Å²) < 4.78 is 5.20. The Morgan fingerprint density at radius 2 is 2.15 bits per heavy atom. The zero-order valence-electron chi connectivity index (χ0n) is 8.83. The predicted octanol–water partition coefficient (Wildman–Crippen LogP) is 1.75. The van der Waals surface area contributed by atoms with E-state index in [1.165, 1.54) is 32.4 Å². The number of nitrogens with zero attached hydrogens (tertiary/aromatic N) is 1. The number of rotatable bonds is 3. The van der Waals surface area contributed by atoms with Crippen molar-refractivity contribution in [3.8, 4) is 0 Å². The lowest BCUT2D eigenvalue weighted by Gasteiger charge is -2.39. The Morgan fingerprint density at radius 3 is 2.77 bits per heavy atom. The van der Waals surface area contributed by atoms with E-state index in [1.807, 2.05) is 7.11 Å². The summed E-state index contributed by atoms with van der Waals surface area (Å²) in [6.07, 6.45) is 4.21. The molecule has 0 amide bonds. The summed E-state index contributed by atoms with van der Waals surface area (Å²) in [4.78, 5) is 2.67. The second-order valence-corrected chi connectivity index (χ2v) is 4.84. The highest BCUT2D eigenvalue weighted by atomic mass is 16.5. The van der Waals surface area contributed by atoms with Crippen LogP contribution in [-0.2, 0) is 4.74 Å². The molecule has 1 aliphatic carbocycles. The first-order chi connectivity index (χ1) is 6.29. The lowest BCUT2D eigenvalue weighted by atomic mass is 9.81. The van der Waals surface area contributed by atoms with E-state index in [-0.39, 0.29) is 0 Å². The van der Waals surface area contributed by atoms with Gasteiger partial charge >= 0.3 is 0 Å². The smallest absolute Gasteiger partial charge is 0.0503 e. The predicted molar refractivity (Wildman–Crippen MR) is 53.7 cm³/mol. The number of likely N-dealkylation sites (tertiary alicyclic amines) is 1. The Morgan fingerprint density at radius 1 is 1.38 bits per heavy atom. The van der Waals surface area contributed by atoms with Gasteiger partial charge in [-0.25, -0.2) is 0 Å². The number of methoxy groups -OCH3 is 1. The Labute approximate surface area is 81.3 Å². The van der Waals surface area contributed by atoms with Gasteiger partial charge in [0.1, 0.15) is 0 Å². The van der Waals surface area contributed by atoms with Gasteiger partial charge in [0.05, 0.1) is 6.61 Å².